The fraction of sp³-hybridized carbons (Fsp3) is 1.00. The highest BCUT2D eigenvalue weighted by atomic mass is 32.2. The average Bonchev–Trinajstić information content (AvgIpc) is 2.43. The topological polar surface area (TPSA) is 86.7 Å². The van der Waals surface area contributed by atoms with Crippen molar-refractivity contribution in [2.45, 2.75) is 23.7 Å². The number of halogens is 4. The summed E-state index contributed by atoms with van der Waals surface area (Å²) >= 11 is 0. The molecule has 4 unspecified atom stereocenters. The van der Waals surface area contributed by atoms with Gasteiger partial charge < -0.3 is 0 Å². The highest BCUT2D eigenvalue weighted by molar-refractivity contribution is 7.88. The van der Waals surface area contributed by atoms with Gasteiger partial charge in [-0.2, -0.15) is 16.8 Å². The lowest BCUT2D eigenvalue weighted by atomic mass is 9.90. The van der Waals surface area contributed by atoms with Crippen LogP contribution in [-0.2, 0) is 28.6 Å². The lowest BCUT2D eigenvalue weighted by Crippen LogP contribution is -2.48. The molecule has 1 spiro atoms. The minimum Gasteiger partial charge on any atom is -0.230 e. The summed E-state index contributed by atoms with van der Waals surface area (Å²) in [5.74, 6) is 0. The van der Waals surface area contributed by atoms with Crippen molar-refractivity contribution >= 4 is 20.2 Å². The van der Waals surface area contributed by atoms with Crippen molar-refractivity contribution in [3.8, 4) is 0 Å². The van der Waals surface area contributed by atoms with Gasteiger partial charge in [0.1, 0.15) is 0 Å². The standard InChI is InChI=1S/C5H4F4O6S2/c6-1-5(3(8)16(10,11)14-1)2(7)15-17(12,13)4(5)9/h1-4H. The molecule has 2 aliphatic heterocycles. The van der Waals surface area contributed by atoms with Crippen LogP contribution in [0.2, 0.25) is 0 Å². The molecule has 0 radical (unpaired) electrons. The quantitative estimate of drug-likeness (QED) is 0.458. The first kappa shape index (κ1) is 13.0. The van der Waals surface area contributed by atoms with E-state index in [0.29, 0.717) is 0 Å². The monoisotopic (exact) mass is 300 g/mol. The first-order chi connectivity index (χ1) is 7.57. The van der Waals surface area contributed by atoms with Crippen molar-refractivity contribution in [1.29, 1.82) is 0 Å². The Kier molecular flexibility index (Phi) is 2.52. The molecular weight excluding hydrogens is 296 g/mol. The summed E-state index contributed by atoms with van der Waals surface area (Å²) in [6, 6.07) is 0. The predicted octanol–water partition coefficient (Wildman–Crippen LogP) is -0.125. The maximum atomic E-state index is 13.4. The van der Waals surface area contributed by atoms with Crippen molar-refractivity contribution in [2.75, 3.05) is 0 Å². The van der Waals surface area contributed by atoms with Crippen LogP contribution in [0.5, 0.6) is 0 Å². The van der Waals surface area contributed by atoms with Gasteiger partial charge in [-0.3, -0.25) is 0 Å². The van der Waals surface area contributed by atoms with Gasteiger partial charge in [0.2, 0.25) is 23.7 Å². The largest absolute Gasteiger partial charge is 0.303 e. The van der Waals surface area contributed by atoms with Gasteiger partial charge in [-0.25, -0.2) is 25.9 Å². The second-order valence-corrected chi connectivity index (χ2v) is 6.63. The Morgan fingerprint density at radius 2 is 1.06 bits per heavy atom. The molecule has 100 valence electrons. The zero-order valence-corrected chi connectivity index (χ0v) is 9.22. The fourth-order valence-corrected chi connectivity index (χ4v) is 4.37. The summed E-state index contributed by atoms with van der Waals surface area (Å²) < 4.78 is 103. The van der Waals surface area contributed by atoms with E-state index in [1.54, 1.807) is 0 Å². The normalized spacial score (nSPS) is 52.0. The van der Waals surface area contributed by atoms with Crippen LogP contribution in [0.15, 0.2) is 0 Å². The molecule has 0 aromatic carbocycles. The lowest BCUT2D eigenvalue weighted by molar-refractivity contribution is -0.138. The van der Waals surface area contributed by atoms with E-state index in [4.69, 9.17) is 0 Å². The Morgan fingerprint density at radius 3 is 1.24 bits per heavy atom. The van der Waals surface area contributed by atoms with E-state index >= 15 is 0 Å². The van der Waals surface area contributed by atoms with E-state index in [0.717, 1.165) is 0 Å². The van der Waals surface area contributed by atoms with Gasteiger partial charge in [-0.05, 0) is 0 Å². The number of hydrogen-bond acceptors (Lipinski definition) is 6. The molecule has 6 nitrogen and oxygen atoms in total. The van der Waals surface area contributed by atoms with Crippen molar-refractivity contribution < 1.29 is 42.8 Å². The summed E-state index contributed by atoms with van der Waals surface area (Å²) in [7, 11) is -10.5. The Bertz CT molecular complexity index is 493. The van der Waals surface area contributed by atoms with Crippen molar-refractivity contribution in [3.63, 3.8) is 0 Å². The van der Waals surface area contributed by atoms with E-state index in [-0.39, 0.29) is 0 Å². The third-order valence-electron chi connectivity index (χ3n) is 2.52. The molecule has 2 fully saturated rings. The van der Waals surface area contributed by atoms with Crippen LogP contribution in [0.25, 0.3) is 0 Å². The van der Waals surface area contributed by atoms with Gasteiger partial charge >= 0.3 is 20.2 Å². The summed E-state index contributed by atoms with van der Waals surface area (Å²) in [5.41, 5.74) is -10.7. The molecule has 0 amide bonds. The Balaban J connectivity index is 2.65. The molecule has 0 aromatic heterocycles. The minimum atomic E-state index is -5.25. The molecule has 0 N–H and O–H groups in total. The van der Waals surface area contributed by atoms with Crippen molar-refractivity contribution in [2.24, 2.45) is 5.41 Å². The van der Waals surface area contributed by atoms with Crippen LogP contribution < -0.4 is 0 Å². The number of rotatable bonds is 0. The van der Waals surface area contributed by atoms with Gasteiger partial charge in [0.05, 0.1) is 0 Å². The van der Waals surface area contributed by atoms with Crippen LogP contribution in [0, 0.1) is 5.41 Å². The van der Waals surface area contributed by atoms with Crippen molar-refractivity contribution in [3.05, 3.63) is 0 Å². The van der Waals surface area contributed by atoms with Gasteiger partial charge in [-0.15, -0.1) is 0 Å². The van der Waals surface area contributed by atoms with E-state index in [1.165, 1.54) is 0 Å². The molecular formula is C5H4F4O6S2. The predicted molar refractivity (Wildman–Crippen MR) is 42.0 cm³/mol. The second kappa shape index (κ2) is 3.30. The molecule has 0 aromatic rings. The third-order valence-corrected chi connectivity index (χ3v) is 5.22. The van der Waals surface area contributed by atoms with Crippen molar-refractivity contribution in [1.82, 2.24) is 0 Å². The molecule has 2 rings (SSSR count). The van der Waals surface area contributed by atoms with Crippen LogP contribution in [-0.4, -0.2) is 40.6 Å². The smallest absolute Gasteiger partial charge is 0.230 e. The molecule has 2 aliphatic rings. The van der Waals surface area contributed by atoms with Gasteiger partial charge in [-0.1, -0.05) is 0 Å². The number of hydrogen-bond donors (Lipinski definition) is 0. The molecule has 12 heteroatoms. The van der Waals surface area contributed by atoms with E-state index in [1.807, 2.05) is 0 Å². The summed E-state index contributed by atoms with van der Waals surface area (Å²) in [6.07, 6.45) is -6.66. The first-order valence-corrected chi connectivity index (χ1v) is 6.91. The highest BCUT2D eigenvalue weighted by Crippen LogP contribution is 2.56. The highest BCUT2D eigenvalue weighted by Gasteiger charge is 2.78. The molecule has 17 heavy (non-hydrogen) atoms. The van der Waals surface area contributed by atoms with Gasteiger partial charge in [0.25, 0.3) is 0 Å². The van der Waals surface area contributed by atoms with Crippen LogP contribution in [0.4, 0.5) is 17.6 Å². The SMILES string of the molecule is O=S1(=O)OC(F)C2(C(F)OS(=O)(=O)C2F)C1F. The van der Waals surface area contributed by atoms with E-state index < -0.39 is 49.4 Å². The van der Waals surface area contributed by atoms with E-state index in [2.05, 4.69) is 8.37 Å². The summed E-state index contributed by atoms with van der Waals surface area (Å²) in [6.45, 7) is 0. The van der Waals surface area contributed by atoms with Gasteiger partial charge in [0.15, 0.2) is 5.41 Å². The average molecular weight is 300 g/mol. The second-order valence-electron chi connectivity index (χ2n) is 3.44. The fourth-order valence-electron chi connectivity index (χ4n) is 1.62. The summed E-state index contributed by atoms with van der Waals surface area (Å²) in [5, 5.41) is 0. The maximum absolute atomic E-state index is 13.4. The lowest BCUT2D eigenvalue weighted by Gasteiger charge is -2.24. The Hall–Kier alpha value is -0.460. The molecule has 0 saturated carbocycles. The van der Waals surface area contributed by atoms with Crippen LogP contribution in [0.3, 0.4) is 0 Å². The Morgan fingerprint density at radius 1 is 0.765 bits per heavy atom. The molecule has 4 atom stereocenters. The summed E-state index contributed by atoms with van der Waals surface area (Å²) in [4.78, 5) is 0. The zero-order chi connectivity index (χ0) is 13.2. The molecule has 0 aliphatic carbocycles. The molecule has 2 saturated heterocycles. The molecule has 2 heterocycles. The third kappa shape index (κ3) is 1.37. The minimum absolute atomic E-state index is 3.33. The van der Waals surface area contributed by atoms with Crippen LogP contribution in [0.1, 0.15) is 0 Å². The maximum Gasteiger partial charge on any atom is 0.303 e. The van der Waals surface area contributed by atoms with Gasteiger partial charge in [0, 0.05) is 0 Å². The number of alkyl halides is 4. The van der Waals surface area contributed by atoms with E-state index in [9.17, 15) is 34.4 Å². The first-order valence-electron chi connectivity index (χ1n) is 3.97. The zero-order valence-electron chi connectivity index (χ0n) is 7.59. The Labute approximate surface area is 92.7 Å². The molecule has 0 bridgehead atoms. The van der Waals surface area contributed by atoms with Crippen LogP contribution >= 0.6 is 0 Å².